The van der Waals surface area contributed by atoms with Gasteiger partial charge < -0.3 is 9.64 Å². The standard InChI is InChI=1S/C36H27NOSi/c1-5-15-28(16-6-1)37(29-17-7-2-8-18-29)30-25-26-36-34(27-30)38-33-23-13-14-24-35(33)39(36,31-19-9-3-10-20-31)32-21-11-4-12-22-32/h1-27H. The topological polar surface area (TPSA) is 12.5 Å². The zero-order chi connectivity index (χ0) is 26.1. The van der Waals surface area contributed by atoms with Crippen molar-refractivity contribution in [2.24, 2.45) is 0 Å². The molecule has 0 atom stereocenters. The normalized spacial score (nSPS) is 13.0. The molecule has 0 fully saturated rings. The molecule has 0 spiro atoms. The van der Waals surface area contributed by atoms with Crippen LogP contribution in [0.3, 0.4) is 0 Å². The van der Waals surface area contributed by atoms with Crippen molar-refractivity contribution in [3.8, 4) is 11.5 Å². The molecule has 0 aromatic heterocycles. The first-order valence-corrected chi connectivity index (χ1v) is 15.3. The second-order valence-electron chi connectivity index (χ2n) is 9.77. The number of hydrogen-bond acceptors (Lipinski definition) is 2. The summed E-state index contributed by atoms with van der Waals surface area (Å²) in [6.45, 7) is 0. The molecule has 39 heavy (non-hydrogen) atoms. The molecule has 1 heterocycles. The van der Waals surface area contributed by atoms with Gasteiger partial charge in [-0.15, -0.1) is 0 Å². The molecule has 0 unspecified atom stereocenters. The molecule has 3 heteroatoms. The molecule has 0 N–H and O–H groups in total. The second kappa shape index (κ2) is 9.79. The van der Waals surface area contributed by atoms with E-state index in [-0.39, 0.29) is 0 Å². The van der Waals surface area contributed by atoms with E-state index in [9.17, 15) is 0 Å². The first-order valence-electron chi connectivity index (χ1n) is 13.3. The Morgan fingerprint density at radius 2 is 0.846 bits per heavy atom. The summed E-state index contributed by atoms with van der Waals surface area (Å²) >= 11 is 0. The molecule has 0 bridgehead atoms. The van der Waals surface area contributed by atoms with E-state index in [1.165, 1.54) is 20.7 Å². The fourth-order valence-corrected chi connectivity index (χ4v) is 10.9. The van der Waals surface area contributed by atoms with Crippen molar-refractivity contribution in [3.63, 3.8) is 0 Å². The van der Waals surface area contributed by atoms with Crippen LogP contribution in [0.15, 0.2) is 164 Å². The molecule has 0 saturated carbocycles. The fourth-order valence-electron chi connectivity index (χ4n) is 5.94. The Hall–Kier alpha value is -4.86. The van der Waals surface area contributed by atoms with Gasteiger partial charge in [0.2, 0.25) is 0 Å². The number of ether oxygens (including phenoxy) is 1. The van der Waals surface area contributed by atoms with Gasteiger partial charge >= 0.3 is 0 Å². The van der Waals surface area contributed by atoms with Crippen molar-refractivity contribution in [1.29, 1.82) is 0 Å². The van der Waals surface area contributed by atoms with E-state index in [4.69, 9.17) is 4.74 Å². The molecule has 1 aliphatic heterocycles. The average molecular weight is 518 g/mol. The largest absolute Gasteiger partial charge is 0.457 e. The summed E-state index contributed by atoms with van der Waals surface area (Å²) in [6.07, 6.45) is 0. The molecule has 7 rings (SSSR count). The minimum atomic E-state index is -2.64. The molecule has 0 aliphatic carbocycles. The first-order chi connectivity index (χ1) is 19.4. The van der Waals surface area contributed by atoms with Crippen LogP contribution in [-0.2, 0) is 0 Å². The number of rotatable bonds is 5. The van der Waals surface area contributed by atoms with Gasteiger partial charge in [-0.05, 0) is 57.1 Å². The van der Waals surface area contributed by atoms with Crippen LogP contribution in [0, 0.1) is 0 Å². The number of anilines is 3. The van der Waals surface area contributed by atoms with Crippen LogP contribution >= 0.6 is 0 Å². The van der Waals surface area contributed by atoms with Gasteiger partial charge in [0.15, 0.2) is 8.07 Å². The maximum absolute atomic E-state index is 6.75. The first kappa shape index (κ1) is 23.3. The Balaban J connectivity index is 1.51. The van der Waals surface area contributed by atoms with Crippen molar-refractivity contribution in [2.45, 2.75) is 0 Å². The van der Waals surface area contributed by atoms with Gasteiger partial charge in [-0.3, -0.25) is 0 Å². The van der Waals surface area contributed by atoms with Crippen LogP contribution in [0.5, 0.6) is 11.5 Å². The van der Waals surface area contributed by atoms with Crippen molar-refractivity contribution < 1.29 is 4.74 Å². The summed E-state index contributed by atoms with van der Waals surface area (Å²) in [6, 6.07) is 58.4. The fraction of sp³-hybridized carbons (Fsp3) is 0. The monoisotopic (exact) mass is 517 g/mol. The Labute approximate surface area is 230 Å². The number of benzene rings is 6. The summed E-state index contributed by atoms with van der Waals surface area (Å²) < 4.78 is 6.75. The summed E-state index contributed by atoms with van der Waals surface area (Å²) in [5.74, 6) is 1.86. The van der Waals surface area contributed by atoms with Gasteiger partial charge in [-0.25, -0.2) is 0 Å². The minimum Gasteiger partial charge on any atom is -0.457 e. The van der Waals surface area contributed by atoms with E-state index >= 15 is 0 Å². The molecule has 186 valence electrons. The van der Waals surface area contributed by atoms with Crippen molar-refractivity contribution in [1.82, 2.24) is 0 Å². The Morgan fingerprint density at radius 1 is 0.385 bits per heavy atom. The summed E-state index contributed by atoms with van der Waals surface area (Å²) in [7, 11) is -2.64. The van der Waals surface area contributed by atoms with Gasteiger partial charge in [-0.1, -0.05) is 121 Å². The van der Waals surface area contributed by atoms with E-state index in [2.05, 4.69) is 169 Å². The highest BCUT2D eigenvalue weighted by atomic mass is 28.3. The van der Waals surface area contributed by atoms with Gasteiger partial charge in [0.25, 0.3) is 0 Å². The van der Waals surface area contributed by atoms with Crippen LogP contribution in [0.2, 0.25) is 0 Å². The predicted octanol–water partition coefficient (Wildman–Crippen LogP) is 6.64. The third-order valence-electron chi connectivity index (χ3n) is 7.58. The van der Waals surface area contributed by atoms with Crippen LogP contribution < -0.4 is 30.4 Å². The molecule has 6 aromatic rings. The van der Waals surface area contributed by atoms with Crippen LogP contribution in [0.1, 0.15) is 0 Å². The maximum Gasteiger partial charge on any atom is 0.188 e. The highest BCUT2D eigenvalue weighted by Gasteiger charge is 2.47. The Kier molecular flexibility index (Phi) is 5.84. The third kappa shape index (κ3) is 3.87. The van der Waals surface area contributed by atoms with E-state index < -0.39 is 8.07 Å². The summed E-state index contributed by atoms with van der Waals surface area (Å²) in [5, 5.41) is 5.25. The molecule has 0 radical (unpaired) electrons. The smallest absolute Gasteiger partial charge is 0.188 e. The minimum absolute atomic E-state index is 0.919. The van der Waals surface area contributed by atoms with Crippen molar-refractivity contribution >= 4 is 45.9 Å². The van der Waals surface area contributed by atoms with Crippen LogP contribution in [0.25, 0.3) is 0 Å². The lowest BCUT2D eigenvalue weighted by Crippen LogP contribution is -2.76. The highest BCUT2D eigenvalue weighted by molar-refractivity contribution is 7.20. The van der Waals surface area contributed by atoms with Gasteiger partial charge in [0.1, 0.15) is 11.5 Å². The van der Waals surface area contributed by atoms with Gasteiger partial charge in [0.05, 0.1) is 0 Å². The zero-order valence-electron chi connectivity index (χ0n) is 21.4. The van der Waals surface area contributed by atoms with Gasteiger partial charge in [0, 0.05) is 23.1 Å². The average Bonchev–Trinajstić information content (AvgIpc) is 3.02. The lowest BCUT2D eigenvalue weighted by Gasteiger charge is -2.40. The van der Waals surface area contributed by atoms with Crippen molar-refractivity contribution in [3.05, 3.63) is 164 Å². The predicted molar refractivity (Wildman–Crippen MR) is 165 cm³/mol. The molecular formula is C36H27NOSi. The zero-order valence-corrected chi connectivity index (χ0v) is 22.4. The Bertz CT molecular complexity index is 1640. The Morgan fingerprint density at radius 3 is 1.41 bits per heavy atom. The molecular weight excluding hydrogens is 490 g/mol. The summed E-state index contributed by atoms with van der Waals surface area (Å²) in [4.78, 5) is 2.29. The maximum atomic E-state index is 6.75. The van der Waals surface area contributed by atoms with Crippen LogP contribution in [-0.4, -0.2) is 8.07 Å². The summed E-state index contributed by atoms with van der Waals surface area (Å²) in [5.41, 5.74) is 3.28. The number of nitrogens with zero attached hydrogens (tertiary/aromatic N) is 1. The van der Waals surface area contributed by atoms with Crippen molar-refractivity contribution in [2.75, 3.05) is 4.90 Å². The lowest BCUT2D eigenvalue weighted by molar-refractivity contribution is 0.487. The lowest BCUT2D eigenvalue weighted by atomic mass is 10.2. The van der Waals surface area contributed by atoms with E-state index in [1.807, 2.05) is 0 Å². The molecule has 0 saturated heterocycles. The van der Waals surface area contributed by atoms with Crippen LogP contribution in [0.4, 0.5) is 17.1 Å². The third-order valence-corrected chi connectivity index (χ3v) is 12.4. The highest BCUT2D eigenvalue weighted by Crippen LogP contribution is 2.38. The SMILES string of the molecule is c1ccc(N(c2ccccc2)c2ccc3c(c2)Oc2ccccc2[Si]3(c2ccccc2)c2ccccc2)cc1. The van der Waals surface area contributed by atoms with E-state index in [1.54, 1.807) is 0 Å². The van der Waals surface area contributed by atoms with E-state index in [0.29, 0.717) is 0 Å². The molecule has 2 nitrogen and oxygen atoms in total. The number of hydrogen-bond donors (Lipinski definition) is 0. The van der Waals surface area contributed by atoms with Gasteiger partial charge in [-0.2, -0.15) is 0 Å². The van der Waals surface area contributed by atoms with E-state index in [0.717, 1.165) is 28.6 Å². The molecule has 1 aliphatic rings. The molecule has 0 amide bonds. The second-order valence-corrected chi connectivity index (χ2v) is 13.5. The molecule has 6 aromatic carbocycles. The number of para-hydroxylation sites is 3. The number of fused-ring (bicyclic) bond motifs is 2. The quantitative estimate of drug-likeness (QED) is 0.237.